The fourth-order valence-corrected chi connectivity index (χ4v) is 3.95. The van der Waals surface area contributed by atoms with E-state index in [9.17, 15) is 9.18 Å². The van der Waals surface area contributed by atoms with E-state index in [0.29, 0.717) is 13.9 Å². The van der Waals surface area contributed by atoms with Crippen LogP contribution in [0, 0.1) is 5.82 Å². The van der Waals surface area contributed by atoms with Crippen LogP contribution in [0.25, 0.3) is 0 Å². The number of carbonyl (C=O) groups is 1. The molecule has 0 saturated carbocycles. The minimum absolute atomic E-state index is 0.100. The number of ether oxygens (including phenoxy) is 1. The van der Waals surface area contributed by atoms with Crippen molar-refractivity contribution in [3.63, 3.8) is 0 Å². The summed E-state index contributed by atoms with van der Waals surface area (Å²) in [6, 6.07) is 11.9. The first kappa shape index (κ1) is 19.6. The van der Waals surface area contributed by atoms with Crippen molar-refractivity contribution in [3.8, 4) is 5.75 Å². The minimum Gasteiger partial charge on any atom is -0.497 e. The maximum Gasteiger partial charge on any atom is 0.234 e. The predicted octanol–water partition coefficient (Wildman–Crippen LogP) is 4.92. The number of hydrogen-bond donors (Lipinski definition) is 2. The summed E-state index contributed by atoms with van der Waals surface area (Å²) in [6.07, 6.45) is 0. The van der Waals surface area contributed by atoms with Gasteiger partial charge in [0.15, 0.2) is 4.34 Å². The van der Waals surface area contributed by atoms with Crippen molar-refractivity contribution in [3.05, 3.63) is 52.8 Å². The van der Waals surface area contributed by atoms with Gasteiger partial charge in [-0.05, 0) is 30.3 Å². The van der Waals surface area contributed by atoms with Crippen LogP contribution in [0.2, 0.25) is 0 Å². The maximum atomic E-state index is 13.7. The van der Waals surface area contributed by atoms with Crippen molar-refractivity contribution in [2.24, 2.45) is 0 Å². The molecule has 0 atom stereocenters. The lowest BCUT2D eigenvalue weighted by Gasteiger charge is -2.05. The van der Waals surface area contributed by atoms with Gasteiger partial charge in [-0.1, -0.05) is 45.1 Å². The lowest BCUT2D eigenvalue weighted by atomic mass is 10.3. The summed E-state index contributed by atoms with van der Waals surface area (Å²) in [6.45, 7) is 0. The number of thioether (sulfide) groups is 1. The quantitative estimate of drug-likeness (QED) is 0.479. The third kappa shape index (κ3) is 5.65. The summed E-state index contributed by atoms with van der Waals surface area (Å²) < 4.78 is 20.2. The molecule has 0 saturated heterocycles. The number of nitrogens with zero attached hydrogens (tertiary/aromatic N) is 2. The van der Waals surface area contributed by atoms with Crippen molar-refractivity contribution in [1.82, 2.24) is 10.2 Å². The largest absolute Gasteiger partial charge is 0.497 e. The van der Waals surface area contributed by atoms with E-state index in [1.165, 1.54) is 35.2 Å². The van der Waals surface area contributed by atoms with Crippen molar-refractivity contribution < 1.29 is 13.9 Å². The van der Waals surface area contributed by atoms with Gasteiger partial charge in [0, 0.05) is 16.2 Å². The second-order valence-electron chi connectivity index (χ2n) is 5.19. The van der Waals surface area contributed by atoms with E-state index in [0.717, 1.165) is 11.4 Å². The first-order valence-corrected chi connectivity index (χ1v) is 10.3. The third-order valence-electron chi connectivity index (χ3n) is 3.26. The summed E-state index contributed by atoms with van der Waals surface area (Å²) in [5, 5.41) is 14.4. The molecule has 0 aliphatic carbocycles. The van der Waals surface area contributed by atoms with E-state index < -0.39 is 5.82 Å². The summed E-state index contributed by atoms with van der Waals surface area (Å²) in [7, 11) is 1.60. The van der Waals surface area contributed by atoms with Crippen molar-refractivity contribution in [1.29, 1.82) is 0 Å². The monoisotopic (exact) mass is 468 g/mol. The molecule has 2 N–H and O–H groups in total. The van der Waals surface area contributed by atoms with E-state index in [1.54, 1.807) is 13.2 Å². The van der Waals surface area contributed by atoms with Crippen LogP contribution < -0.4 is 15.4 Å². The molecule has 140 valence electrons. The normalized spacial score (nSPS) is 10.5. The first-order valence-electron chi connectivity index (χ1n) is 7.66. The molecule has 6 nitrogen and oxygen atoms in total. The highest BCUT2D eigenvalue weighted by molar-refractivity contribution is 9.10. The van der Waals surface area contributed by atoms with Crippen LogP contribution in [0.4, 0.5) is 20.9 Å². The van der Waals surface area contributed by atoms with E-state index in [1.807, 2.05) is 24.3 Å². The topological polar surface area (TPSA) is 76.1 Å². The third-order valence-corrected chi connectivity index (χ3v) is 5.72. The van der Waals surface area contributed by atoms with Gasteiger partial charge in [0.05, 0.1) is 18.6 Å². The molecular weight excluding hydrogens is 455 g/mol. The van der Waals surface area contributed by atoms with Gasteiger partial charge in [0.2, 0.25) is 11.0 Å². The number of methoxy groups -OCH3 is 1. The molecule has 0 unspecified atom stereocenters. The summed E-state index contributed by atoms with van der Waals surface area (Å²) in [5.74, 6) is 0.0154. The van der Waals surface area contributed by atoms with Crippen molar-refractivity contribution in [2.45, 2.75) is 4.34 Å². The summed E-state index contributed by atoms with van der Waals surface area (Å²) in [5.41, 5.74) is 0.965. The Balaban J connectivity index is 1.53. The molecule has 1 amide bonds. The Morgan fingerprint density at radius 1 is 1.30 bits per heavy atom. The summed E-state index contributed by atoms with van der Waals surface area (Å²) >= 11 is 5.73. The van der Waals surface area contributed by atoms with Gasteiger partial charge in [0.1, 0.15) is 11.6 Å². The van der Waals surface area contributed by atoms with Crippen LogP contribution in [0.1, 0.15) is 0 Å². The van der Waals surface area contributed by atoms with E-state index in [-0.39, 0.29) is 17.3 Å². The number of hydrogen-bond acceptors (Lipinski definition) is 7. The van der Waals surface area contributed by atoms with Crippen molar-refractivity contribution in [2.75, 3.05) is 23.5 Å². The Hall–Kier alpha value is -2.17. The van der Waals surface area contributed by atoms with Crippen LogP contribution in [-0.2, 0) is 4.79 Å². The van der Waals surface area contributed by atoms with Crippen LogP contribution in [0.3, 0.4) is 0 Å². The molecule has 0 bridgehead atoms. The second-order valence-corrected chi connectivity index (χ2v) is 8.31. The van der Waals surface area contributed by atoms with Gasteiger partial charge in [0.25, 0.3) is 0 Å². The van der Waals surface area contributed by atoms with Crippen LogP contribution in [0.5, 0.6) is 5.75 Å². The van der Waals surface area contributed by atoms with E-state index >= 15 is 0 Å². The fraction of sp³-hybridized carbons (Fsp3) is 0.118. The molecule has 3 rings (SSSR count). The predicted molar refractivity (Wildman–Crippen MR) is 110 cm³/mol. The molecule has 1 aromatic heterocycles. The van der Waals surface area contributed by atoms with Gasteiger partial charge < -0.3 is 15.4 Å². The van der Waals surface area contributed by atoms with Crippen LogP contribution >= 0.6 is 39.0 Å². The van der Waals surface area contributed by atoms with Gasteiger partial charge in [-0.15, -0.1) is 10.2 Å². The average Bonchev–Trinajstić information content (AvgIpc) is 3.10. The zero-order valence-corrected chi connectivity index (χ0v) is 17.3. The number of anilines is 3. The molecule has 3 aromatic rings. The number of benzene rings is 2. The van der Waals surface area contributed by atoms with E-state index in [4.69, 9.17) is 4.74 Å². The molecule has 0 fully saturated rings. The number of aromatic nitrogens is 2. The molecule has 1 heterocycles. The average molecular weight is 469 g/mol. The molecule has 0 aliphatic rings. The Morgan fingerprint density at radius 2 is 2.15 bits per heavy atom. The second kappa shape index (κ2) is 9.16. The van der Waals surface area contributed by atoms with Gasteiger partial charge >= 0.3 is 0 Å². The van der Waals surface area contributed by atoms with Crippen molar-refractivity contribution >= 4 is 61.4 Å². The van der Waals surface area contributed by atoms with Gasteiger partial charge in [-0.3, -0.25) is 4.79 Å². The van der Waals surface area contributed by atoms with Crippen LogP contribution in [0.15, 0.2) is 51.3 Å². The number of amides is 1. The Morgan fingerprint density at radius 3 is 2.93 bits per heavy atom. The molecule has 0 radical (unpaired) electrons. The molecule has 0 aliphatic heterocycles. The molecular formula is C17H14BrFN4O2S2. The number of carbonyl (C=O) groups excluding carboxylic acids is 1. The number of nitrogens with one attached hydrogen (secondary N) is 2. The maximum absolute atomic E-state index is 13.7. The molecule has 2 aromatic carbocycles. The number of rotatable bonds is 7. The zero-order valence-electron chi connectivity index (χ0n) is 14.0. The molecule has 0 spiro atoms. The highest BCUT2D eigenvalue weighted by Gasteiger charge is 2.11. The zero-order chi connectivity index (χ0) is 19.2. The lowest BCUT2D eigenvalue weighted by Crippen LogP contribution is -2.14. The highest BCUT2D eigenvalue weighted by Crippen LogP contribution is 2.29. The molecule has 27 heavy (non-hydrogen) atoms. The number of halogens is 2. The Bertz CT molecular complexity index is 954. The first-order chi connectivity index (χ1) is 13.0. The fourth-order valence-electron chi connectivity index (χ4n) is 2.05. The van der Waals surface area contributed by atoms with E-state index in [2.05, 4.69) is 36.8 Å². The van der Waals surface area contributed by atoms with Crippen LogP contribution in [-0.4, -0.2) is 29.0 Å². The smallest absolute Gasteiger partial charge is 0.234 e. The minimum atomic E-state index is -0.497. The SMILES string of the molecule is COc1cccc(Nc2nnc(SCC(=O)Nc3ccc(Br)cc3F)s2)c1. The van der Waals surface area contributed by atoms with Gasteiger partial charge in [-0.25, -0.2) is 4.39 Å². The highest BCUT2D eigenvalue weighted by atomic mass is 79.9. The molecule has 10 heteroatoms. The summed E-state index contributed by atoms with van der Waals surface area (Å²) in [4.78, 5) is 12.0. The standard InChI is InChI=1S/C17H14BrFN4O2S2/c1-25-12-4-2-3-11(8-12)20-16-22-23-17(27-16)26-9-15(24)21-14-6-5-10(18)7-13(14)19/h2-8H,9H2,1H3,(H,20,22)(H,21,24). The van der Waals surface area contributed by atoms with Gasteiger partial charge in [-0.2, -0.15) is 0 Å². The lowest BCUT2D eigenvalue weighted by molar-refractivity contribution is -0.113. The Kier molecular flexibility index (Phi) is 6.64. The Labute approximate surface area is 171 Å².